The second-order valence-corrected chi connectivity index (χ2v) is 8.61. The zero-order valence-corrected chi connectivity index (χ0v) is 18.9. The Morgan fingerprint density at radius 1 is 1.13 bits per heavy atom. The summed E-state index contributed by atoms with van der Waals surface area (Å²) in [6, 6.07) is 19.9. The lowest BCUT2D eigenvalue weighted by Crippen LogP contribution is -2.25. The fourth-order valence-corrected chi connectivity index (χ4v) is 4.29. The van der Waals surface area contributed by atoms with Gasteiger partial charge < -0.3 is 4.74 Å². The Morgan fingerprint density at radius 2 is 1.87 bits per heavy atom. The number of fused-ring (bicyclic) bond motifs is 1. The Bertz CT molecular complexity index is 1220. The molecule has 0 spiro atoms. The van der Waals surface area contributed by atoms with Crippen molar-refractivity contribution in [2.45, 2.75) is 0 Å². The minimum Gasteiger partial charge on any atom is -0.497 e. The molecule has 0 radical (unpaired) electrons. The molecule has 0 N–H and O–H groups in total. The molecule has 3 aromatic carbocycles. The molecular formula is C22H15BrClN3O2S. The van der Waals surface area contributed by atoms with Crippen LogP contribution in [0.25, 0.3) is 10.2 Å². The smallest absolute Gasteiger partial charge is 0.280 e. The van der Waals surface area contributed by atoms with Gasteiger partial charge in [0.1, 0.15) is 5.75 Å². The van der Waals surface area contributed by atoms with E-state index < -0.39 is 0 Å². The summed E-state index contributed by atoms with van der Waals surface area (Å²) in [5.74, 6) is 0.451. The summed E-state index contributed by atoms with van der Waals surface area (Å²) >= 11 is 10.8. The highest BCUT2D eigenvalue weighted by Crippen LogP contribution is 2.32. The van der Waals surface area contributed by atoms with E-state index in [1.165, 1.54) is 16.3 Å². The highest BCUT2D eigenvalue weighted by molar-refractivity contribution is 9.10. The van der Waals surface area contributed by atoms with Gasteiger partial charge >= 0.3 is 0 Å². The SMILES string of the molecule is COc1ccc(/C=N/N(C(=O)c2ccc(Cl)cc2)c2nc3ccc(Br)cc3s2)cc1. The first kappa shape index (κ1) is 20.5. The number of thiazole rings is 1. The Hall–Kier alpha value is -2.74. The van der Waals surface area contributed by atoms with E-state index in [-0.39, 0.29) is 5.91 Å². The fraction of sp³-hybridized carbons (Fsp3) is 0.0455. The standard InChI is InChI=1S/C22H15BrClN3O2S/c1-29-18-9-2-14(3-10-18)13-25-27(21(28)15-4-7-17(24)8-5-15)22-26-19-11-6-16(23)12-20(19)30-22/h2-13H,1H3/b25-13+. The maximum absolute atomic E-state index is 13.2. The average Bonchev–Trinajstić information content (AvgIpc) is 3.17. The summed E-state index contributed by atoms with van der Waals surface area (Å²) in [5.41, 5.74) is 2.09. The molecule has 0 aliphatic rings. The van der Waals surface area contributed by atoms with Gasteiger partial charge in [-0.3, -0.25) is 4.79 Å². The normalized spacial score (nSPS) is 11.2. The van der Waals surface area contributed by atoms with E-state index in [0.29, 0.717) is 15.7 Å². The molecule has 0 saturated heterocycles. The number of hydrogen-bond donors (Lipinski definition) is 0. The van der Waals surface area contributed by atoms with Crippen molar-refractivity contribution in [2.24, 2.45) is 5.10 Å². The molecule has 4 rings (SSSR count). The highest BCUT2D eigenvalue weighted by atomic mass is 79.9. The quantitative estimate of drug-likeness (QED) is 0.235. The van der Waals surface area contributed by atoms with E-state index in [4.69, 9.17) is 16.3 Å². The van der Waals surface area contributed by atoms with Crippen molar-refractivity contribution < 1.29 is 9.53 Å². The van der Waals surface area contributed by atoms with Crippen LogP contribution in [0.3, 0.4) is 0 Å². The largest absolute Gasteiger partial charge is 0.497 e. The number of hydrazone groups is 1. The maximum Gasteiger partial charge on any atom is 0.280 e. The molecule has 8 heteroatoms. The van der Waals surface area contributed by atoms with Gasteiger partial charge in [-0.1, -0.05) is 38.9 Å². The zero-order valence-electron chi connectivity index (χ0n) is 15.8. The first-order valence-corrected chi connectivity index (χ1v) is 10.9. The van der Waals surface area contributed by atoms with Gasteiger partial charge in [0.25, 0.3) is 5.91 Å². The molecule has 0 aliphatic carbocycles. The van der Waals surface area contributed by atoms with E-state index in [2.05, 4.69) is 26.0 Å². The van der Waals surface area contributed by atoms with Crippen LogP contribution < -0.4 is 9.75 Å². The first-order chi connectivity index (χ1) is 14.5. The third-order valence-electron chi connectivity index (χ3n) is 4.24. The second kappa shape index (κ2) is 8.95. The lowest BCUT2D eigenvalue weighted by Gasteiger charge is -2.14. The molecule has 0 saturated carbocycles. The highest BCUT2D eigenvalue weighted by Gasteiger charge is 2.21. The number of carbonyl (C=O) groups is 1. The van der Waals surface area contributed by atoms with Gasteiger partial charge in [-0.25, -0.2) is 4.98 Å². The van der Waals surface area contributed by atoms with Crippen molar-refractivity contribution in [3.05, 3.63) is 87.4 Å². The molecule has 0 bridgehead atoms. The molecule has 0 fully saturated rings. The van der Waals surface area contributed by atoms with Crippen molar-refractivity contribution in [3.63, 3.8) is 0 Å². The molecule has 5 nitrogen and oxygen atoms in total. The van der Waals surface area contributed by atoms with Crippen LogP contribution in [-0.4, -0.2) is 24.2 Å². The number of hydrogen-bond acceptors (Lipinski definition) is 5. The molecule has 1 heterocycles. The number of amides is 1. The molecule has 0 unspecified atom stereocenters. The molecule has 0 aliphatic heterocycles. The minimum absolute atomic E-state index is 0.297. The fourth-order valence-electron chi connectivity index (χ4n) is 2.69. The molecule has 150 valence electrons. The molecule has 1 aromatic heterocycles. The molecule has 30 heavy (non-hydrogen) atoms. The number of ether oxygens (including phenoxy) is 1. The van der Waals surface area contributed by atoms with Crippen LogP contribution in [0.5, 0.6) is 5.75 Å². The van der Waals surface area contributed by atoms with E-state index in [0.717, 1.165) is 26.0 Å². The van der Waals surface area contributed by atoms with Crippen molar-refractivity contribution >= 4 is 66.3 Å². The molecule has 1 amide bonds. The van der Waals surface area contributed by atoms with Gasteiger partial charge in [-0.2, -0.15) is 10.1 Å². The number of halogens is 2. The first-order valence-electron chi connectivity index (χ1n) is 8.87. The third-order valence-corrected chi connectivity index (χ3v) is 5.98. The average molecular weight is 501 g/mol. The predicted octanol–water partition coefficient (Wildman–Crippen LogP) is 6.40. The molecule has 4 aromatic rings. The van der Waals surface area contributed by atoms with Gasteiger partial charge in [0.05, 0.1) is 23.5 Å². The number of anilines is 1. The number of methoxy groups -OCH3 is 1. The molecule has 0 atom stereocenters. The van der Waals surface area contributed by atoms with Crippen LogP contribution in [0, 0.1) is 0 Å². The Morgan fingerprint density at radius 3 is 2.57 bits per heavy atom. The van der Waals surface area contributed by atoms with Crippen molar-refractivity contribution in [1.29, 1.82) is 0 Å². The summed E-state index contributed by atoms with van der Waals surface area (Å²) in [6.45, 7) is 0. The van der Waals surface area contributed by atoms with Gasteiger partial charge in [0, 0.05) is 15.1 Å². The van der Waals surface area contributed by atoms with Gasteiger partial charge in [-0.05, 0) is 72.3 Å². The summed E-state index contributed by atoms with van der Waals surface area (Å²) in [7, 11) is 1.61. The monoisotopic (exact) mass is 499 g/mol. The number of aromatic nitrogens is 1. The Kier molecular flexibility index (Phi) is 6.13. The number of rotatable bonds is 5. The maximum atomic E-state index is 13.2. The van der Waals surface area contributed by atoms with Gasteiger partial charge in [0.2, 0.25) is 5.13 Å². The van der Waals surface area contributed by atoms with Gasteiger partial charge in [-0.15, -0.1) is 0 Å². The van der Waals surface area contributed by atoms with E-state index in [1.54, 1.807) is 37.6 Å². The van der Waals surface area contributed by atoms with Gasteiger partial charge in [0.15, 0.2) is 0 Å². The van der Waals surface area contributed by atoms with Crippen molar-refractivity contribution in [1.82, 2.24) is 4.98 Å². The van der Waals surface area contributed by atoms with Crippen LogP contribution in [-0.2, 0) is 0 Å². The second-order valence-electron chi connectivity index (χ2n) is 6.25. The van der Waals surface area contributed by atoms with E-state index >= 15 is 0 Å². The van der Waals surface area contributed by atoms with E-state index in [1.807, 2.05) is 42.5 Å². The van der Waals surface area contributed by atoms with Crippen LogP contribution in [0.4, 0.5) is 5.13 Å². The number of benzene rings is 3. The summed E-state index contributed by atoms with van der Waals surface area (Å²) in [5, 5.41) is 6.81. The Labute approximate surface area is 190 Å². The topological polar surface area (TPSA) is 54.8 Å². The minimum atomic E-state index is -0.297. The van der Waals surface area contributed by atoms with Crippen molar-refractivity contribution in [2.75, 3.05) is 12.1 Å². The third kappa shape index (κ3) is 4.53. The number of carbonyl (C=O) groups excluding carboxylic acids is 1. The van der Waals surface area contributed by atoms with Crippen LogP contribution in [0.1, 0.15) is 15.9 Å². The predicted molar refractivity (Wildman–Crippen MR) is 126 cm³/mol. The van der Waals surface area contributed by atoms with Crippen molar-refractivity contribution in [3.8, 4) is 5.75 Å². The number of nitrogens with zero attached hydrogens (tertiary/aromatic N) is 3. The summed E-state index contributed by atoms with van der Waals surface area (Å²) in [4.78, 5) is 17.8. The van der Waals surface area contributed by atoms with Crippen LogP contribution >= 0.6 is 38.9 Å². The van der Waals surface area contributed by atoms with Crippen LogP contribution in [0.15, 0.2) is 76.3 Å². The summed E-state index contributed by atoms with van der Waals surface area (Å²) in [6.07, 6.45) is 1.62. The molecular weight excluding hydrogens is 486 g/mol. The lowest BCUT2D eigenvalue weighted by atomic mass is 10.2. The van der Waals surface area contributed by atoms with E-state index in [9.17, 15) is 4.79 Å². The van der Waals surface area contributed by atoms with Crippen LogP contribution in [0.2, 0.25) is 5.02 Å². The zero-order chi connectivity index (χ0) is 21.1. The Balaban J connectivity index is 1.73. The summed E-state index contributed by atoms with van der Waals surface area (Å²) < 4.78 is 7.08. The lowest BCUT2D eigenvalue weighted by molar-refractivity contribution is 0.0988.